The third-order valence-corrected chi connectivity index (χ3v) is 13.9. The van der Waals surface area contributed by atoms with Gasteiger partial charge >= 0.3 is 11.9 Å². The number of nitrogens with one attached hydrogen (secondary N) is 2. The van der Waals surface area contributed by atoms with Crippen LogP contribution >= 0.6 is 25.9 Å². The summed E-state index contributed by atoms with van der Waals surface area (Å²) in [5, 5.41) is 23.7. The number of likely N-dealkylation sites (N-methyl/N-ethyl adjacent to an activating group) is 2. The van der Waals surface area contributed by atoms with E-state index in [1.165, 1.54) is 12.5 Å². The second-order valence-corrected chi connectivity index (χ2v) is 19.7. The molecular formula is C60H89ClN8O9S. The Bertz CT molecular complexity index is 2510. The van der Waals surface area contributed by atoms with E-state index in [-0.39, 0.29) is 50.7 Å². The molecule has 2 amide bonds. The van der Waals surface area contributed by atoms with Crippen LogP contribution in [-0.2, 0) is 61.1 Å². The molecule has 436 valence electrons. The lowest BCUT2D eigenvalue weighted by molar-refractivity contribution is -0.144. The maximum absolute atomic E-state index is 12.7. The molecule has 19 heteroatoms. The zero-order valence-electron chi connectivity index (χ0n) is 46.4. The first-order valence-electron chi connectivity index (χ1n) is 25.7. The van der Waals surface area contributed by atoms with E-state index >= 15 is 0 Å². The third kappa shape index (κ3) is 20.7. The van der Waals surface area contributed by atoms with Crippen LogP contribution in [-0.4, -0.2) is 148 Å². The highest BCUT2D eigenvalue weighted by Crippen LogP contribution is 2.25. The number of nitrogens with two attached hydrogens (primary N) is 3. The number of hydrogen-bond donors (Lipinski definition) is 7. The number of carboxylic acids is 2. The molecule has 0 aliphatic carbocycles. The van der Waals surface area contributed by atoms with Crippen LogP contribution in [0.15, 0.2) is 152 Å². The first kappa shape index (κ1) is 71.3. The van der Waals surface area contributed by atoms with Crippen LogP contribution in [0, 0.1) is 0 Å². The van der Waals surface area contributed by atoms with Gasteiger partial charge in [-0.15, -0.1) is 12.4 Å². The Balaban J connectivity index is 0.000000493. The monoisotopic (exact) mass is 1130 g/mol. The summed E-state index contributed by atoms with van der Waals surface area (Å²) in [7, 11) is 3.46. The number of benzene rings is 5. The summed E-state index contributed by atoms with van der Waals surface area (Å²) in [6, 6.07) is 47.5. The maximum Gasteiger partial charge on any atom is 0.328 e. The maximum atomic E-state index is 12.7. The van der Waals surface area contributed by atoms with Gasteiger partial charge in [-0.3, -0.25) is 14.5 Å². The second-order valence-electron chi connectivity index (χ2n) is 19.7. The van der Waals surface area contributed by atoms with Crippen molar-refractivity contribution in [2.75, 3.05) is 99.5 Å². The van der Waals surface area contributed by atoms with Crippen molar-refractivity contribution < 1.29 is 43.6 Å². The number of amides is 2. The molecular weight excluding hydrogens is 1040 g/mol. The highest BCUT2D eigenvalue weighted by molar-refractivity contribution is 7.59. The number of carbonyl (C=O) groups is 4. The molecule has 0 saturated carbocycles. The zero-order valence-corrected chi connectivity index (χ0v) is 48.2. The van der Waals surface area contributed by atoms with Gasteiger partial charge in [-0.25, -0.2) is 9.59 Å². The van der Waals surface area contributed by atoms with Crippen LogP contribution in [0.1, 0.15) is 69.9 Å². The molecule has 3 heterocycles. The van der Waals surface area contributed by atoms with Gasteiger partial charge in [0.2, 0.25) is 11.8 Å². The second kappa shape index (κ2) is 34.4. The predicted molar refractivity (Wildman–Crippen MR) is 321 cm³/mol. The fraction of sp³-hybridized carbons (Fsp3) is 0.433. The fourth-order valence-corrected chi connectivity index (χ4v) is 8.42. The summed E-state index contributed by atoms with van der Waals surface area (Å²) in [5.41, 5.74) is 18.3. The summed E-state index contributed by atoms with van der Waals surface area (Å²) in [5.74, 6) is -1.82. The summed E-state index contributed by atoms with van der Waals surface area (Å²) in [6.07, 6.45) is 0. The van der Waals surface area contributed by atoms with Crippen molar-refractivity contribution in [3.8, 4) is 0 Å². The number of morpholine rings is 3. The van der Waals surface area contributed by atoms with Gasteiger partial charge in [0.15, 0.2) is 0 Å². The number of hydrogen-bond acceptors (Lipinski definition) is 13. The normalized spacial score (nSPS) is 17.8. The molecule has 0 aromatic heterocycles. The molecule has 0 spiro atoms. The van der Waals surface area contributed by atoms with E-state index in [1.807, 2.05) is 122 Å². The first-order valence-corrected chi connectivity index (χ1v) is 25.7. The standard InChI is InChI=1S/C14H20N2O2.C13H18N2O2.C13H20N2O.C10H13NO2.C9H11NO2.CH4.ClH.H2S/c1-14(15-2,12-6-4-3-5-7-12)13(17)16-8-10-18-11-9-16;1-13(14,11-5-3-2-4-6-11)12(16)15-7-9-17-10-8-15;1-13(14,12-5-3-2-4-6-12)11-15-7-9-16-10-8-15;1-10(11-2,9(12)13)8-6-4-3-5-7-8;1-9(10,8(11)12)7-5-3-2-4-6-7;;;/h3-7,15H,8-11H2,1-2H3;2-6H,7-10,14H2,1H3;2-6H,7-11,14H2,1H3;3-7,11H,1-2H3,(H,12,13);2-6H,10H2,1H3,(H,11,12);1H4;1H;1H2/t14-;2*13-;10-;9-;;;/m00100.../s1. The van der Waals surface area contributed by atoms with Crippen molar-refractivity contribution in [2.24, 2.45) is 17.2 Å². The lowest BCUT2D eigenvalue weighted by Crippen LogP contribution is -2.55. The summed E-state index contributed by atoms with van der Waals surface area (Å²) in [4.78, 5) is 52.7. The zero-order chi connectivity index (χ0) is 55.8. The van der Waals surface area contributed by atoms with Crippen LogP contribution in [0.4, 0.5) is 0 Å². The van der Waals surface area contributed by atoms with Gasteiger partial charge in [-0.05, 0) is 76.5 Å². The molecule has 5 aromatic carbocycles. The predicted octanol–water partition coefficient (Wildman–Crippen LogP) is 6.21. The Hall–Kier alpha value is -5.74. The van der Waals surface area contributed by atoms with E-state index in [0.29, 0.717) is 58.2 Å². The average molecular weight is 1130 g/mol. The van der Waals surface area contributed by atoms with Gasteiger partial charge < -0.3 is 62.1 Å². The molecule has 0 radical (unpaired) electrons. The lowest BCUT2D eigenvalue weighted by Gasteiger charge is -2.36. The third-order valence-electron chi connectivity index (χ3n) is 13.9. The largest absolute Gasteiger partial charge is 0.480 e. The average Bonchev–Trinajstić information content (AvgIpc) is 3.46. The van der Waals surface area contributed by atoms with Gasteiger partial charge in [-0.1, -0.05) is 159 Å². The van der Waals surface area contributed by atoms with Crippen LogP contribution in [0.3, 0.4) is 0 Å². The van der Waals surface area contributed by atoms with E-state index < -0.39 is 34.1 Å². The van der Waals surface area contributed by atoms with Crippen molar-refractivity contribution in [2.45, 2.75) is 69.7 Å². The summed E-state index contributed by atoms with van der Waals surface area (Å²) < 4.78 is 15.9. The van der Waals surface area contributed by atoms with E-state index in [1.54, 1.807) is 62.2 Å². The SMILES string of the molecule is C.CN[C@](C)(C(=O)N1CCOCC1)c1ccccc1.CN[C@](C)(C(=O)O)c1ccccc1.C[C@@](N)(C(=O)N1CCOCC1)c1ccccc1.C[C@@](N)(C(=O)O)c1ccccc1.C[C@@](N)(CN1CCOCC1)c1ccccc1.Cl.S. The minimum absolute atomic E-state index is 0. The number of rotatable bonds is 13. The highest BCUT2D eigenvalue weighted by atomic mass is 35.5. The van der Waals surface area contributed by atoms with Crippen molar-refractivity contribution in [1.29, 1.82) is 0 Å². The molecule has 3 fully saturated rings. The molecule has 17 nitrogen and oxygen atoms in total. The van der Waals surface area contributed by atoms with E-state index in [2.05, 4.69) is 34.6 Å². The molecule has 3 aliphatic heterocycles. The molecule has 10 N–H and O–H groups in total. The topological polar surface area (TPSA) is 248 Å². The van der Waals surface area contributed by atoms with Crippen LogP contribution in [0.5, 0.6) is 0 Å². The Morgan fingerprint density at radius 1 is 0.456 bits per heavy atom. The fourth-order valence-electron chi connectivity index (χ4n) is 8.42. The highest BCUT2D eigenvalue weighted by Gasteiger charge is 2.38. The molecule has 5 aromatic rings. The number of halogens is 1. The van der Waals surface area contributed by atoms with Gasteiger partial charge in [0.25, 0.3) is 0 Å². The molecule has 3 saturated heterocycles. The number of nitrogens with zero attached hydrogens (tertiary/aromatic N) is 3. The molecule has 3 aliphatic rings. The number of aliphatic carboxylic acids is 2. The van der Waals surface area contributed by atoms with E-state index in [4.69, 9.17) is 41.6 Å². The Morgan fingerprint density at radius 3 is 1.08 bits per heavy atom. The molecule has 0 unspecified atom stereocenters. The molecule has 0 bridgehead atoms. The minimum Gasteiger partial charge on any atom is -0.480 e. The van der Waals surface area contributed by atoms with Crippen LogP contribution in [0.2, 0.25) is 0 Å². The Kier molecular flexibility index (Phi) is 31.0. The van der Waals surface area contributed by atoms with Gasteiger partial charge in [0.1, 0.15) is 22.2 Å². The summed E-state index contributed by atoms with van der Waals surface area (Å²) >= 11 is 0. The van der Waals surface area contributed by atoms with Crippen molar-refractivity contribution in [1.82, 2.24) is 25.3 Å². The van der Waals surface area contributed by atoms with Crippen molar-refractivity contribution >= 4 is 49.7 Å². The quantitative estimate of drug-likeness (QED) is 0.0692. The first-order chi connectivity index (χ1) is 36.1. The molecule has 5 atom stereocenters. The van der Waals surface area contributed by atoms with Gasteiger partial charge in [-0.2, -0.15) is 13.5 Å². The Morgan fingerprint density at radius 2 is 0.747 bits per heavy atom. The van der Waals surface area contributed by atoms with Crippen LogP contribution in [0.25, 0.3) is 0 Å². The van der Waals surface area contributed by atoms with Crippen molar-refractivity contribution in [3.63, 3.8) is 0 Å². The smallest absolute Gasteiger partial charge is 0.328 e. The van der Waals surface area contributed by atoms with Gasteiger partial charge in [0.05, 0.1) is 45.2 Å². The summed E-state index contributed by atoms with van der Waals surface area (Å²) in [6.45, 7) is 18.4. The molecule has 8 rings (SSSR count). The number of carbonyl (C=O) groups excluding carboxylic acids is 2. The van der Waals surface area contributed by atoms with E-state index in [0.717, 1.165) is 49.5 Å². The Labute approximate surface area is 482 Å². The van der Waals surface area contributed by atoms with Crippen LogP contribution < -0.4 is 27.8 Å². The number of carboxylic acid groups (broad SMARTS) is 2. The van der Waals surface area contributed by atoms with Crippen molar-refractivity contribution in [3.05, 3.63) is 179 Å². The lowest BCUT2D eigenvalue weighted by atomic mass is 9.90. The number of ether oxygens (including phenoxy) is 3. The van der Waals surface area contributed by atoms with Gasteiger partial charge in [0, 0.05) is 45.8 Å². The van der Waals surface area contributed by atoms with E-state index in [9.17, 15) is 19.2 Å². The molecule has 79 heavy (non-hydrogen) atoms. The minimum atomic E-state index is -1.29.